The molecule has 0 aliphatic rings. The van der Waals surface area contributed by atoms with Gasteiger partial charge in [0.05, 0.1) is 12.6 Å². The molecule has 31 heavy (non-hydrogen) atoms. The Hall–Kier alpha value is -3.45. The minimum absolute atomic E-state index is 0.228. The molecular formula is C24H25N3O3S. The minimum atomic E-state index is -0.818. The lowest BCUT2D eigenvalue weighted by molar-refractivity contribution is -0.139. The van der Waals surface area contributed by atoms with E-state index in [0.717, 1.165) is 21.6 Å². The van der Waals surface area contributed by atoms with Crippen molar-refractivity contribution in [2.45, 2.75) is 19.4 Å². The summed E-state index contributed by atoms with van der Waals surface area (Å²) in [7, 11) is 0. The average Bonchev–Trinajstić information content (AvgIpc) is 3.31. The van der Waals surface area contributed by atoms with E-state index in [2.05, 4.69) is 16.0 Å². The summed E-state index contributed by atoms with van der Waals surface area (Å²) in [6.07, 6.45) is 0.664. The fourth-order valence-electron chi connectivity index (χ4n) is 3.05. The van der Waals surface area contributed by atoms with Gasteiger partial charge in [-0.05, 0) is 41.5 Å². The highest BCUT2D eigenvalue weighted by Gasteiger charge is 2.15. The van der Waals surface area contributed by atoms with Gasteiger partial charge in [0, 0.05) is 11.4 Å². The molecule has 1 heterocycles. The summed E-state index contributed by atoms with van der Waals surface area (Å²) < 4.78 is 0. The molecule has 0 aliphatic heterocycles. The fraction of sp³-hybridized carbons (Fsp3) is 0.208. The third kappa shape index (κ3) is 6.79. The van der Waals surface area contributed by atoms with Gasteiger partial charge in [-0.3, -0.25) is 14.4 Å². The molecule has 3 rings (SSSR count). The quantitative estimate of drug-likeness (QED) is 0.475. The first-order valence-corrected chi connectivity index (χ1v) is 10.9. The lowest BCUT2D eigenvalue weighted by atomic mass is 10.0. The van der Waals surface area contributed by atoms with Crippen LogP contribution in [0.2, 0.25) is 0 Å². The topological polar surface area (TPSA) is 87.3 Å². The van der Waals surface area contributed by atoms with E-state index in [-0.39, 0.29) is 18.5 Å². The standard InChI is InChI=1S/C24H25N3O3S/c1-17(18-9-11-20(12-10-18)19-6-3-2-4-7-19)27-22(28)16-26-24(30)23(29)25-14-13-21-8-5-15-31-21/h2-12,15,17H,13-14,16H2,1H3,(H,25,29)(H,26,30)(H,27,28)/t17-/m1/s1. The highest BCUT2D eigenvalue weighted by atomic mass is 32.1. The molecule has 160 valence electrons. The maximum atomic E-state index is 12.2. The summed E-state index contributed by atoms with van der Waals surface area (Å²) in [5.41, 5.74) is 3.17. The second-order valence-corrected chi connectivity index (χ2v) is 8.08. The molecule has 0 saturated heterocycles. The summed E-state index contributed by atoms with van der Waals surface area (Å²) in [5, 5.41) is 9.69. The maximum Gasteiger partial charge on any atom is 0.309 e. The molecule has 3 aromatic rings. The van der Waals surface area contributed by atoms with E-state index < -0.39 is 11.8 Å². The van der Waals surface area contributed by atoms with E-state index >= 15 is 0 Å². The number of hydrogen-bond acceptors (Lipinski definition) is 4. The number of benzene rings is 2. The van der Waals surface area contributed by atoms with E-state index in [1.807, 2.05) is 79.0 Å². The van der Waals surface area contributed by atoms with Crippen molar-refractivity contribution < 1.29 is 14.4 Å². The van der Waals surface area contributed by atoms with Crippen molar-refractivity contribution in [3.63, 3.8) is 0 Å². The van der Waals surface area contributed by atoms with E-state index in [9.17, 15) is 14.4 Å². The average molecular weight is 436 g/mol. The Morgan fingerprint density at radius 1 is 0.839 bits per heavy atom. The normalized spacial score (nSPS) is 11.4. The number of carbonyl (C=O) groups is 3. The number of thiophene rings is 1. The largest absolute Gasteiger partial charge is 0.348 e. The molecule has 0 saturated carbocycles. The second kappa shape index (κ2) is 11.1. The van der Waals surface area contributed by atoms with Gasteiger partial charge in [-0.15, -0.1) is 11.3 Å². The Balaban J connectivity index is 1.40. The van der Waals surface area contributed by atoms with Gasteiger partial charge in [0.2, 0.25) is 5.91 Å². The fourth-order valence-corrected chi connectivity index (χ4v) is 3.75. The van der Waals surface area contributed by atoms with Crippen LogP contribution in [0.15, 0.2) is 72.1 Å². The number of carbonyl (C=O) groups excluding carboxylic acids is 3. The van der Waals surface area contributed by atoms with Crippen LogP contribution in [0.3, 0.4) is 0 Å². The van der Waals surface area contributed by atoms with Gasteiger partial charge in [-0.2, -0.15) is 0 Å². The summed E-state index contributed by atoms with van der Waals surface area (Å²) in [6, 6.07) is 21.7. The summed E-state index contributed by atoms with van der Waals surface area (Å²) in [4.78, 5) is 37.0. The molecule has 3 amide bonds. The third-order valence-corrected chi connectivity index (χ3v) is 5.68. The lowest BCUT2D eigenvalue weighted by Crippen LogP contribution is -2.44. The predicted molar refractivity (Wildman–Crippen MR) is 122 cm³/mol. The first kappa shape index (κ1) is 22.2. The van der Waals surface area contributed by atoms with Gasteiger partial charge >= 0.3 is 11.8 Å². The van der Waals surface area contributed by atoms with E-state index in [1.165, 1.54) is 0 Å². The summed E-state index contributed by atoms with van der Waals surface area (Å²) in [5.74, 6) is -1.92. The van der Waals surface area contributed by atoms with Crippen LogP contribution in [-0.2, 0) is 20.8 Å². The van der Waals surface area contributed by atoms with Crippen molar-refractivity contribution in [2.24, 2.45) is 0 Å². The molecule has 1 aromatic heterocycles. The van der Waals surface area contributed by atoms with E-state index in [0.29, 0.717) is 13.0 Å². The SMILES string of the molecule is C[C@@H](NC(=O)CNC(=O)C(=O)NCCc1cccs1)c1ccc(-c2ccccc2)cc1. The van der Waals surface area contributed by atoms with E-state index in [4.69, 9.17) is 0 Å². The van der Waals surface area contributed by atoms with Gasteiger partial charge < -0.3 is 16.0 Å². The van der Waals surface area contributed by atoms with Crippen molar-refractivity contribution in [3.05, 3.63) is 82.6 Å². The Labute approximate surface area is 185 Å². The Bertz CT molecular complexity index is 1000. The van der Waals surface area contributed by atoms with Gasteiger partial charge in [0.25, 0.3) is 0 Å². The van der Waals surface area contributed by atoms with Crippen molar-refractivity contribution in [1.82, 2.24) is 16.0 Å². The minimum Gasteiger partial charge on any atom is -0.348 e. The molecule has 0 fully saturated rings. The van der Waals surface area contributed by atoms with Crippen molar-refractivity contribution in [3.8, 4) is 11.1 Å². The summed E-state index contributed by atoms with van der Waals surface area (Å²) in [6.45, 7) is 1.98. The van der Waals surface area contributed by atoms with Crippen molar-refractivity contribution >= 4 is 29.1 Å². The molecule has 7 heteroatoms. The number of rotatable bonds is 8. The van der Waals surface area contributed by atoms with Gasteiger partial charge in [-0.1, -0.05) is 60.7 Å². The molecule has 0 radical (unpaired) electrons. The van der Waals surface area contributed by atoms with Crippen LogP contribution in [0.1, 0.15) is 23.4 Å². The third-order valence-electron chi connectivity index (χ3n) is 4.75. The number of nitrogens with one attached hydrogen (secondary N) is 3. The maximum absolute atomic E-state index is 12.2. The van der Waals surface area contributed by atoms with Crippen LogP contribution in [0.4, 0.5) is 0 Å². The predicted octanol–water partition coefficient (Wildman–Crippen LogP) is 3.07. The second-order valence-electron chi connectivity index (χ2n) is 7.05. The van der Waals surface area contributed by atoms with Gasteiger partial charge in [0.15, 0.2) is 0 Å². The molecule has 2 aromatic carbocycles. The highest BCUT2D eigenvalue weighted by molar-refractivity contribution is 7.09. The number of amides is 3. The zero-order valence-electron chi connectivity index (χ0n) is 17.3. The van der Waals surface area contributed by atoms with Crippen LogP contribution in [0.25, 0.3) is 11.1 Å². The van der Waals surface area contributed by atoms with Gasteiger partial charge in [0.1, 0.15) is 0 Å². The Morgan fingerprint density at radius 3 is 2.19 bits per heavy atom. The van der Waals surface area contributed by atoms with Crippen LogP contribution >= 0.6 is 11.3 Å². The molecular weight excluding hydrogens is 410 g/mol. The van der Waals surface area contributed by atoms with Crippen LogP contribution in [0.5, 0.6) is 0 Å². The van der Waals surface area contributed by atoms with Gasteiger partial charge in [-0.25, -0.2) is 0 Å². The molecule has 0 unspecified atom stereocenters. The van der Waals surface area contributed by atoms with Crippen molar-refractivity contribution in [2.75, 3.05) is 13.1 Å². The molecule has 3 N–H and O–H groups in total. The summed E-state index contributed by atoms with van der Waals surface area (Å²) >= 11 is 1.60. The van der Waals surface area contributed by atoms with Crippen LogP contribution in [0, 0.1) is 0 Å². The molecule has 6 nitrogen and oxygen atoms in total. The lowest BCUT2D eigenvalue weighted by Gasteiger charge is -2.15. The molecule has 0 spiro atoms. The first-order valence-electron chi connectivity index (χ1n) is 10.1. The molecule has 1 atom stereocenters. The first-order chi connectivity index (χ1) is 15.0. The molecule has 0 aliphatic carbocycles. The highest BCUT2D eigenvalue weighted by Crippen LogP contribution is 2.21. The van der Waals surface area contributed by atoms with Crippen LogP contribution in [-0.4, -0.2) is 30.8 Å². The molecule has 0 bridgehead atoms. The van der Waals surface area contributed by atoms with E-state index in [1.54, 1.807) is 11.3 Å². The zero-order valence-corrected chi connectivity index (χ0v) is 18.1. The number of hydrogen-bond donors (Lipinski definition) is 3. The Kier molecular flexibility index (Phi) is 7.95. The van der Waals surface area contributed by atoms with Crippen molar-refractivity contribution in [1.29, 1.82) is 0 Å². The zero-order chi connectivity index (χ0) is 22.1. The smallest absolute Gasteiger partial charge is 0.309 e. The van der Waals surface area contributed by atoms with Crippen LogP contribution < -0.4 is 16.0 Å². The Morgan fingerprint density at radius 2 is 1.52 bits per heavy atom. The monoisotopic (exact) mass is 435 g/mol.